The summed E-state index contributed by atoms with van der Waals surface area (Å²) in [6.45, 7) is 22.4. The van der Waals surface area contributed by atoms with Gasteiger partial charge >= 0.3 is 227 Å². The quantitative estimate of drug-likeness (QED) is 0.223. The van der Waals surface area contributed by atoms with Gasteiger partial charge in [-0.3, -0.25) is 0 Å². The molecule has 0 amide bonds. The summed E-state index contributed by atoms with van der Waals surface area (Å²) in [6.07, 6.45) is 14.4. The molecular weight excluding hydrogens is 485 g/mol. The monoisotopic (exact) mass is 531 g/mol. The molecule has 0 N–H and O–H groups in total. The van der Waals surface area contributed by atoms with Gasteiger partial charge in [-0.1, -0.05) is 0 Å². The molecule has 0 spiro atoms. The second-order valence-electron chi connectivity index (χ2n) is 13.3. The zero-order valence-corrected chi connectivity index (χ0v) is 27.6. The number of hydrogen-bond acceptors (Lipinski definition) is 0. The second kappa shape index (κ2) is 10.5. The van der Waals surface area contributed by atoms with E-state index in [9.17, 15) is 0 Å². The van der Waals surface area contributed by atoms with E-state index in [1.807, 2.05) is 5.16 Å². The molecule has 1 radical (unpaired) electrons. The van der Waals surface area contributed by atoms with Gasteiger partial charge in [0.2, 0.25) is 0 Å². The summed E-state index contributed by atoms with van der Waals surface area (Å²) in [7, 11) is -2.39. The van der Waals surface area contributed by atoms with Crippen LogP contribution in [0.5, 0.6) is 0 Å². The van der Waals surface area contributed by atoms with E-state index >= 15 is 0 Å². The van der Waals surface area contributed by atoms with E-state index in [1.54, 1.807) is 11.1 Å². The molecule has 2 aliphatic rings. The molecule has 2 aromatic carbocycles. The van der Waals surface area contributed by atoms with Gasteiger partial charge in [-0.15, -0.1) is 0 Å². The second-order valence-corrected chi connectivity index (χ2v) is 29.2. The van der Waals surface area contributed by atoms with Crippen LogP contribution in [0.2, 0.25) is 43.5 Å². The van der Waals surface area contributed by atoms with Crippen LogP contribution in [0.1, 0.15) is 65.6 Å². The van der Waals surface area contributed by atoms with E-state index in [2.05, 4.69) is 115 Å². The number of fused-ring (bicyclic) bond motifs is 2. The van der Waals surface area contributed by atoms with Crippen LogP contribution in [0.3, 0.4) is 0 Å². The Kier molecular flexibility index (Phi) is 8.21. The number of benzene rings is 2. The maximum atomic E-state index is 2.62. The zero-order chi connectivity index (χ0) is 25.5. The number of rotatable bonds is 9. The number of unbranched alkanes of at least 4 members (excludes halogenated alkanes) is 1. The Bertz CT molecular complexity index is 1120. The molecule has 0 aliphatic heterocycles. The van der Waals surface area contributed by atoms with Crippen molar-refractivity contribution < 1.29 is 21.4 Å². The first-order chi connectivity index (χ1) is 16.4. The molecule has 2 atom stereocenters. The predicted molar refractivity (Wildman–Crippen MR) is 159 cm³/mol. The van der Waals surface area contributed by atoms with Crippen molar-refractivity contribution >= 4 is 28.3 Å². The van der Waals surface area contributed by atoms with E-state index in [4.69, 9.17) is 0 Å². The van der Waals surface area contributed by atoms with E-state index in [0.29, 0.717) is 7.35 Å². The Hall–Kier alpha value is -0.776. The molecule has 4 rings (SSSR count). The van der Waals surface area contributed by atoms with Gasteiger partial charge < -0.3 is 0 Å². The van der Waals surface area contributed by atoms with Gasteiger partial charge in [-0.05, 0) is 0 Å². The minimum atomic E-state index is -1.82. The predicted octanol–water partition coefficient (Wildman–Crippen LogP) is 9.98. The first-order valence-corrected chi connectivity index (χ1v) is 24.2. The van der Waals surface area contributed by atoms with Crippen molar-refractivity contribution in [2.45, 2.75) is 90.8 Å². The van der Waals surface area contributed by atoms with E-state index in [0.717, 1.165) is 0 Å². The maximum absolute atomic E-state index is 2.62. The first kappa shape index (κ1) is 27.3. The fraction of sp³-hybridized carbons (Fsp3) is 0.469. The van der Waals surface area contributed by atoms with Gasteiger partial charge in [-0.2, -0.15) is 0 Å². The SMILES string of the molecule is Cc1cccc2c1C=C[CH]2[Sc]([CH2]CCC[C]([Si](C)(C)C)[Si](C)(C)C)[CH]1C=Cc2c(C)ccc(C)c21. The molecular formula is C32H46ScSi2. The van der Waals surface area contributed by atoms with E-state index in [-0.39, 0.29) is 0 Å². The number of aryl methyl sites for hydroxylation is 3. The Morgan fingerprint density at radius 3 is 2.00 bits per heavy atom. The molecule has 0 bridgehead atoms. The van der Waals surface area contributed by atoms with Crippen LogP contribution >= 0.6 is 0 Å². The van der Waals surface area contributed by atoms with Crippen LogP contribution in [0.15, 0.2) is 42.5 Å². The first-order valence-electron chi connectivity index (χ1n) is 13.8. The number of allylic oxidation sites excluding steroid dienone is 2. The average molecular weight is 532 g/mol. The molecule has 3 heteroatoms. The molecule has 0 fully saturated rings. The molecule has 2 aliphatic carbocycles. The summed E-state index contributed by atoms with van der Waals surface area (Å²) >= 11 is -1.82. The van der Waals surface area contributed by atoms with Crippen LogP contribution < -0.4 is 0 Å². The molecule has 0 nitrogen and oxygen atoms in total. The minimum absolute atomic E-state index is 0.704. The zero-order valence-electron chi connectivity index (χ0n) is 23.8. The van der Waals surface area contributed by atoms with Gasteiger partial charge in [-0.25, -0.2) is 0 Å². The topological polar surface area (TPSA) is 0 Å². The third-order valence-corrected chi connectivity index (χ3v) is 23.6. The number of hydrogen-bond donors (Lipinski definition) is 0. The summed E-state index contributed by atoms with van der Waals surface area (Å²) < 4.78 is 2.90. The summed E-state index contributed by atoms with van der Waals surface area (Å²) in [4.78, 5) is 0. The van der Waals surface area contributed by atoms with Crippen molar-refractivity contribution in [2.24, 2.45) is 0 Å². The van der Waals surface area contributed by atoms with Gasteiger partial charge in [0.05, 0.1) is 0 Å². The summed E-state index contributed by atoms with van der Waals surface area (Å²) in [5, 5.41) is 2.01. The van der Waals surface area contributed by atoms with Crippen molar-refractivity contribution in [3.8, 4) is 0 Å². The van der Waals surface area contributed by atoms with Gasteiger partial charge in [0.15, 0.2) is 0 Å². The van der Waals surface area contributed by atoms with Crippen LogP contribution in [-0.4, -0.2) is 16.1 Å². The van der Waals surface area contributed by atoms with Crippen molar-refractivity contribution in [3.05, 3.63) is 86.6 Å². The van der Waals surface area contributed by atoms with Gasteiger partial charge in [0, 0.05) is 0 Å². The molecule has 0 saturated carbocycles. The van der Waals surface area contributed by atoms with E-state index in [1.165, 1.54) is 51.3 Å². The van der Waals surface area contributed by atoms with E-state index < -0.39 is 37.6 Å². The molecule has 0 saturated heterocycles. The third kappa shape index (κ3) is 5.72. The van der Waals surface area contributed by atoms with Crippen molar-refractivity contribution in [3.63, 3.8) is 0 Å². The van der Waals surface area contributed by atoms with Crippen LogP contribution in [0.25, 0.3) is 12.2 Å². The van der Waals surface area contributed by atoms with Gasteiger partial charge in [0.1, 0.15) is 0 Å². The Balaban J connectivity index is 1.60. The Morgan fingerprint density at radius 1 is 0.714 bits per heavy atom. The van der Waals surface area contributed by atoms with Crippen molar-refractivity contribution in [1.29, 1.82) is 0 Å². The molecule has 185 valence electrons. The van der Waals surface area contributed by atoms with Crippen LogP contribution in [0, 0.1) is 25.9 Å². The summed E-state index contributed by atoms with van der Waals surface area (Å²) in [6, 6.07) is 11.7. The fourth-order valence-electron chi connectivity index (χ4n) is 7.21. The molecule has 0 aromatic heterocycles. The Labute approximate surface area is 225 Å². The Morgan fingerprint density at radius 2 is 1.31 bits per heavy atom. The van der Waals surface area contributed by atoms with Crippen LogP contribution in [0.4, 0.5) is 0 Å². The van der Waals surface area contributed by atoms with Crippen molar-refractivity contribution in [2.75, 3.05) is 0 Å². The molecule has 2 unspecified atom stereocenters. The van der Waals surface area contributed by atoms with Crippen LogP contribution in [-0.2, 0) is 21.4 Å². The average Bonchev–Trinajstić information content (AvgIpc) is 3.38. The van der Waals surface area contributed by atoms with Crippen molar-refractivity contribution in [1.82, 2.24) is 0 Å². The van der Waals surface area contributed by atoms with Gasteiger partial charge in [0.25, 0.3) is 0 Å². The molecule has 0 heterocycles. The standard InChI is InChI=1S/C11H26Si2.C11H11.C10H9.Sc/c1-8-9-10-11(12(2,3)4)13(5,6)7;1-8-6-7-9(2)11-5-3-4-10(8)11;1-8-4-2-5-9-6-3-7-10(8)9;/h1,8-10H2,2-7H3;3-7H,1-2H3;2-7H,1H3;. The fourth-order valence-corrected chi connectivity index (χ4v) is 24.8. The summed E-state index contributed by atoms with van der Waals surface area (Å²) in [5.41, 5.74) is 10.8. The third-order valence-electron chi connectivity index (χ3n) is 8.66. The molecule has 35 heavy (non-hydrogen) atoms. The normalized spacial score (nSPS) is 18.9. The molecule has 2 aromatic rings. The summed E-state index contributed by atoms with van der Waals surface area (Å²) in [5.74, 6) is 0.